The van der Waals surface area contributed by atoms with E-state index in [-0.39, 0.29) is 6.61 Å². The standard InChI is InChI=1S/C21H24ClN5O/c22-18-7-3-1-5-16(18)15-23-20-17-6-2-4-8-19(17)24-21(25-20)27-11-9-26(10-12-27)13-14-28/h1-8,28H,9-15H2,(H,23,24,25). The minimum Gasteiger partial charge on any atom is -0.395 e. The fourth-order valence-corrected chi connectivity index (χ4v) is 3.68. The summed E-state index contributed by atoms with van der Waals surface area (Å²) in [6, 6.07) is 15.9. The SMILES string of the molecule is OCCN1CCN(c2nc(NCc3ccccc3Cl)c3ccccc3n2)CC1. The zero-order valence-electron chi connectivity index (χ0n) is 15.7. The Morgan fingerprint density at radius 2 is 1.71 bits per heavy atom. The molecule has 0 bridgehead atoms. The van der Waals surface area contributed by atoms with E-state index in [1.165, 1.54) is 0 Å². The summed E-state index contributed by atoms with van der Waals surface area (Å²) < 4.78 is 0. The third-order valence-corrected chi connectivity index (χ3v) is 5.44. The fraction of sp³-hybridized carbons (Fsp3) is 0.333. The Bertz CT molecular complexity index is 943. The van der Waals surface area contributed by atoms with Crippen LogP contribution in [0, 0.1) is 0 Å². The maximum atomic E-state index is 9.13. The van der Waals surface area contributed by atoms with Gasteiger partial charge in [0.1, 0.15) is 5.82 Å². The highest BCUT2D eigenvalue weighted by Crippen LogP contribution is 2.25. The number of nitrogens with zero attached hydrogens (tertiary/aromatic N) is 4. The largest absolute Gasteiger partial charge is 0.395 e. The predicted molar refractivity (Wildman–Crippen MR) is 114 cm³/mol. The number of hydrogen-bond acceptors (Lipinski definition) is 6. The summed E-state index contributed by atoms with van der Waals surface area (Å²) in [6.45, 7) is 5.02. The summed E-state index contributed by atoms with van der Waals surface area (Å²) in [6.07, 6.45) is 0. The van der Waals surface area contributed by atoms with Crippen molar-refractivity contribution in [3.63, 3.8) is 0 Å². The van der Waals surface area contributed by atoms with E-state index in [1.807, 2.05) is 48.5 Å². The minimum absolute atomic E-state index is 0.197. The molecule has 1 aromatic heterocycles. The molecule has 0 radical (unpaired) electrons. The van der Waals surface area contributed by atoms with E-state index in [0.717, 1.165) is 66.0 Å². The van der Waals surface area contributed by atoms with E-state index >= 15 is 0 Å². The first kappa shape index (κ1) is 18.9. The van der Waals surface area contributed by atoms with Crippen LogP contribution in [0.15, 0.2) is 48.5 Å². The molecule has 146 valence electrons. The zero-order chi connectivity index (χ0) is 19.3. The molecule has 3 aromatic rings. The molecule has 2 heterocycles. The normalized spacial score (nSPS) is 15.1. The molecule has 7 heteroatoms. The quantitative estimate of drug-likeness (QED) is 0.666. The van der Waals surface area contributed by atoms with E-state index in [4.69, 9.17) is 26.7 Å². The number of fused-ring (bicyclic) bond motifs is 1. The van der Waals surface area contributed by atoms with Gasteiger partial charge in [-0.1, -0.05) is 41.9 Å². The molecule has 6 nitrogen and oxygen atoms in total. The maximum absolute atomic E-state index is 9.13. The molecule has 1 saturated heterocycles. The highest BCUT2D eigenvalue weighted by Gasteiger charge is 2.20. The molecule has 2 N–H and O–H groups in total. The molecule has 4 rings (SSSR count). The van der Waals surface area contributed by atoms with Gasteiger partial charge in [0.15, 0.2) is 0 Å². The number of para-hydroxylation sites is 1. The van der Waals surface area contributed by atoms with Crippen molar-refractivity contribution < 1.29 is 5.11 Å². The van der Waals surface area contributed by atoms with Crippen molar-refractivity contribution in [2.75, 3.05) is 49.5 Å². The van der Waals surface area contributed by atoms with Crippen LogP contribution in [0.25, 0.3) is 10.9 Å². The number of benzene rings is 2. The zero-order valence-corrected chi connectivity index (χ0v) is 16.4. The van der Waals surface area contributed by atoms with Gasteiger partial charge in [-0.05, 0) is 23.8 Å². The Kier molecular flexibility index (Phi) is 5.90. The molecular weight excluding hydrogens is 374 g/mol. The predicted octanol–water partition coefficient (Wildman–Crippen LogP) is 3.01. The van der Waals surface area contributed by atoms with Crippen molar-refractivity contribution in [1.82, 2.24) is 14.9 Å². The second kappa shape index (κ2) is 8.73. The van der Waals surface area contributed by atoms with Crippen LogP contribution >= 0.6 is 11.6 Å². The number of anilines is 2. The van der Waals surface area contributed by atoms with Crippen molar-refractivity contribution in [3.8, 4) is 0 Å². The molecule has 0 atom stereocenters. The highest BCUT2D eigenvalue weighted by molar-refractivity contribution is 6.31. The van der Waals surface area contributed by atoms with Crippen molar-refractivity contribution in [1.29, 1.82) is 0 Å². The lowest BCUT2D eigenvalue weighted by molar-refractivity contribution is 0.188. The topological polar surface area (TPSA) is 64.5 Å². The summed E-state index contributed by atoms with van der Waals surface area (Å²) in [5, 5.41) is 14.3. The molecule has 0 amide bonds. The fourth-order valence-electron chi connectivity index (χ4n) is 3.47. The number of β-amino-alcohol motifs (C(OH)–C–C–N with tert-alkyl or cyclic N) is 1. The molecule has 28 heavy (non-hydrogen) atoms. The van der Waals surface area contributed by atoms with E-state index in [0.29, 0.717) is 6.54 Å². The lowest BCUT2D eigenvalue weighted by Crippen LogP contribution is -2.47. The van der Waals surface area contributed by atoms with Crippen LogP contribution in [-0.2, 0) is 6.54 Å². The van der Waals surface area contributed by atoms with Gasteiger partial charge < -0.3 is 15.3 Å². The van der Waals surface area contributed by atoms with Gasteiger partial charge in [0, 0.05) is 49.7 Å². The monoisotopic (exact) mass is 397 g/mol. The van der Waals surface area contributed by atoms with Gasteiger partial charge in [-0.2, -0.15) is 4.98 Å². The lowest BCUT2D eigenvalue weighted by atomic mass is 10.2. The number of piperazine rings is 1. The van der Waals surface area contributed by atoms with Crippen LogP contribution in [0.3, 0.4) is 0 Å². The minimum atomic E-state index is 0.197. The molecule has 1 fully saturated rings. The number of halogens is 1. The number of aliphatic hydroxyl groups is 1. The Balaban J connectivity index is 1.58. The Labute approximate surface area is 169 Å². The average Bonchev–Trinajstić information content (AvgIpc) is 2.73. The molecule has 1 aliphatic heterocycles. The third-order valence-electron chi connectivity index (χ3n) is 5.07. The van der Waals surface area contributed by atoms with Gasteiger partial charge >= 0.3 is 0 Å². The Morgan fingerprint density at radius 3 is 2.50 bits per heavy atom. The first-order chi connectivity index (χ1) is 13.7. The van der Waals surface area contributed by atoms with Crippen LogP contribution in [0.5, 0.6) is 0 Å². The highest BCUT2D eigenvalue weighted by atomic mass is 35.5. The van der Waals surface area contributed by atoms with Gasteiger partial charge in [-0.25, -0.2) is 4.98 Å². The van der Waals surface area contributed by atoms with Gasteiger partial charge in [0.2, 0.25) is 5.95 Å². The van der Waals surface area contributed by atoms with E-state index in [9.17, 15) is 0 Å². The molecule has 0 aliphatic carbocycles. The number of hydrogen-bond donors (Lipinski definition) is 2. The summed E-state index contributed by atoms with van der Waals surface area (Å²) >= 11 is 6.30. The second-order valence-corrected chi connectivity index (χ2v) is 7.29. The van der Waals surface area contributed by atoms with Gasteiger partial charge in [-0.15, -0.1) is 0 Å². The summed E-state index contributed by atoms with van der Waals surface area (Å²) in [7, 11) is 0. The van der Waals surface area contributed by atoms with Crippen LogP contribution in [0.2, 0.25) is 5.02 Å². The summed E-state index contributed by atoms with van der Waals surface area (Å²) in [5.41, 5.74) is 1.96. The smallest absolute Gasteiger partial charge is 0.227 e. The van der Waals surface area contributed by atoms with Crippen LogP contribution < -0.4 is 10.2 Å². The van der Waals surface area contributed by atoms with Gasteiger partial charge in [0.25, 0.3) is 0 Å². The molecule has 0 saturated carbocycles. The number of aromatic nitrogens is 2. The number of aliphatic hydroxyl groups excluding tert-OH is 1. The van der Waals surface area contributed by atoms with E-state index in [1.54, 1.807) is 0 Å². The molecular formula is C21H24ClN5O. The number of nitrogens with one attached hydrogen (secondary N) is 1. The molecule has 0 unspecified atom stereocenters. The van der Waals surface area contributed by atoms with Crippen LogP contribution in [0.1, 0.15) is 5.56 Å². The number of rotatable bonds is 6. The van der Waals surface area contributed by atoms with Crippen molar-refractivity contribution >= 4 is 34.3 Å². The maximum Gasteiger partial charge on any atom is 0.227 e. The first-order valence-corrected chi connectivity index (χ1v) is 9.94. The molecule has 0 spiro atoms. The first-order valence-electron chi connectivity index (χ1n) is 9.57. The molecule has 2 aromatic carbocycles. The van der Waals surface area contributed by atoms with Crippen molar-refractivity contribution in [3.05, 3.63) is 59.1 Å². The van der Waals surface area contributed by atoms with Crippen LogP contribution in [-0.4, -0.2) is 59.3 Å². The van der Waals surface area contributed by atoms with Crippen molar-refractivity contribution in [2.45, 2.75) is 6.54 Å². The van der Waals surface area contributed by atoms with Gasteiger partial charge in [0.05, 0.1) is 12.1 Å². The summed E-state index contributed by atoms with van der Waals surface area (Å²) in [4.78, 5) is 14.1. The molecule has 1 aliphatic rings. The Hall–Kier alpha value is -2.41. The van der Waals surface area contributed by atoms with Crippen molar-refractivity contribution in [2.24, 2.45) is 0 Å². The van der Waals surface area contributed by atoms with E-state index in [2.05, 4.69) is 15.1 Å². The third kappa shape index (κ3) is 4.19. The van der Waals surface area contributed by atoms with Gasteiger partial charge in [-0.3, -0.25) is 4.90 Å². The second-order valence-electron chi connectivity index (χ2n) is 6.89. The summed E-state index contributed by atoms with van der Waals surface area (Å²) in [5.74, 6) is 1.56. The van der Waals surface area contributed by atoms with Crippen LogP contribution in [0.4, 0.5) is 11.8 Å². The van der Waals surface area contributed by atoms with E-state index < -0.39 is 0 Å². The average molecular weight is 398 g/mol. The Morgan fingerprint density at radius 1 is 0.964 bits per heavy atom. The lowest BCUT2D eigenvalue weighted by Gasteiger charge is -2.34.